The normalized spacial score (nSPS) is 19.9. The summed E-state index contributed by atoms with van der Waals surface area (Å²) in [5, 5.41) is 0. The summed E-state index contributed by atoms with van der Waals surface area (Å²) in [6, 6.07) is 0. The number of amides is 2. The predicted octanol–water partition coefficient (Wildman–Crippen LogP) is -1.36. The zero-order valence-corrected chi connectivity index (χ0v) is 12.0. The largest absolute Gasteiger partial charge is 0.468 e. The molecule has 0 saturated carbocycles. The maximum atomic E-state index is 12.2. The molecule has 1 atom stereocenters. The third kappa shape index (κ3) is 2.34. The van der Waals surface area contributed by atoms with Crippen molar-refractivity contribution < 1.29 is 38.2 Å². The van der Waals surface area contributed by atoms with Crippen molar-refractivity contribution in [1.29, 1.82) is 0 Å². The van der Waals surface area contributed by atoms with Crippen LogP contribution in [-0.4, -0.2) is 61.5 Å². The number of carbonyl (C=O) groups excluding carboxylic acids is 5. The third-order valence-corrected chi connectivity index (χ3v) is 3.25. The molecule has 116 valence electrons. The highest BCUT2D eigenvalue weighted by molar-refractivity contribution is 6.19. The van der Waals surface area contributed by atoms with Gasteiger partial charge in [0.15, 0.2) is 0 Å². The van der Waals surface area contributed by atoms with Gasteiger partial charge in [0, 0.05) is 13.3 Å². The quantitative estimate of drug-likeness (QED) is 0.356. The number of nitrogens with zero attached hydrogens (tertiary/aromatic N) is 1. The second-order valence-electron chi connectivity index (χ2n) is 4.32. The molecule has 1 saturated heterocycles. The second-order valence-corrected chi connectivity index (χ2v) is 4.32. The fourth-order valence-electron chi connectivity index (χ4n) is 2.34. The number of methoxy groups -OCH3 is 3. The van der Waals surface area contributed by atoms with Gasteiger partial charge in [0.1, 0.15) is 5.92 Å². The summed E-state index contributed by atoms with van der Waals surface area (Å²) in [6.45, 7) is 0.984. The van der Waals surface area contributed by atoms with Crippen molar-refractivity contribution in [3.05, 3.63) is 0 Å². The highest BCUT2D eigenvalue weighted by Gasteiger charge is 2.66. The Labute approximate surface area is 120 Å². The molecule has 0 radical (unpaired) electrons. The topological polar surface area (TPSA) is 116 Å². The van der Waals surface area contributed by atoms with E-state index in [2.05, 4.69) is 14.2 Å². The minimum atomic E-state index is -2.31. The molecular weight excluding hydrogens is 286 g/mol. The maximum Gasteiger partial charge on any atom is 0.344 e. The summed E-state index contributed by atoms with van der Waals surface area (Å²) in [6.07, 6.45) is -0.586. The molecule has 1 aliphatic rings. The molecule has 0 aromatic rings. The first-order valence-electron chi connectivity index (χ1n) is 5.87. The van der Waals surface area contributed by atoms with E-state index in [1.54, 1.807) is 0 Å². The van der Waals surface area contributed by atoms with E-state index >= 15 is 0 Å². The van der Waals surface area contributed by atoms with Crippen molar-refractivity contribution in [3.63, 3.8) is 0 Å². The Bertz CT molecular complexity index is 495. The van der Waals surface area contributed by atoms with Gasteiger partial charge in [-0.15, -0.1) is 0 Å². The van der Waals surface area contributed by atoms with Gasteiger partial charge in [-0.1, -0.05) is 0 Å². The van der Waals surface area contributed by atoms with Crippen LogP contribution in [0.15, 0.2) is 0 Å². The van der Waals surface area contributed by atoms with E-state index in [9.17, 15) is 24.0 Å². The standard InChI is InChI=1S/C12H15NO8/c1-6(14)13-8(15)7(9(16)19-2)5-12(13,10(17)20-3)11(18)21-4/h7H,5H2,1-4H3. The number of hydrogen-bond acceptors (Lipinski definition) is 8. The van der Waals surface area contributed by atoms with Crippen LogP contribution in [-0.2, 0) is 38.2 Å². The summed E-state index contributed by atoms with van der Waals surface area (Å²) in [7, 11) is 3.02. The predicted molar refractivity (Wildman–Crippen MR) is 64.4 cm³/mol. The Hall–Kier alpha value is -2.45. The van der Waals surface area contributed by atoms with Crippen LogP contribution in [0.1, 0.15) is 13.3 Å². The molecule has 0 spiro atoms. The molecule has 0 aromatic carbocycles. The molecule has 1 aliphatic heterocycles. The number of likely N-dealkylation sites (tertiary alicyclic amines) is 1. The van der Waals surface area contributed by atoms with E-state index in [-0.39, 0.29) is 0 Å². The van der Waals surface area contributed by atoms with Crippen LogP contribution in [0.3, 0.4) is 0 Å². The first-order valence-corrected chi connectivity index (χ1v) is 5.87. The summed E-state index contributed by atoms with van der Waals surface area (Å²) >= 11 is 0. The van der Waals surface area contributed by atoms with Crippen LogP contribution < -0.4 is 0 Å². The van der Waals surface area contributed by atoms with E-state index < -0.39 is 47.6 Å². The number of ether oxygens (including phenoxy) is 3. The van der Waals surface area contributed by atoms with Gasteiger partial charge in [-0.25, -0.2) is 9.59 Å². The van der Waals surface area contributed by atoms with Gasteiger partial charge in [-0.2, -0.15) is 0 Å². The molecular formula is C12H15NO8. The Morgan fingerprint density at radius 2 is 1.52 bits per heavy atom. The van der Waals surface area contributed by atoms with Gasteiger partial charge in [-0.05, 0) is 0 Å². The number of carbonyl (C=O) groups is 5. The lowest BCUT2D eigenvalue weighted by Crippen LogP contribution is -2.60. The van der Waals surface area contributed by atoms with Crippen LogP contribution in [0.4, 0.5) is 0 Å². The Kier molecular flexibility index (Phi) is 4.66. The molecule has 21 heavy (non-hydrogen) atoms. The van der Waals surface area contributed by atoms with Gasteiger partial charge >= 0.3 is 17.9 Å². The molecule has 0 aliphatic carbocycles. The molecule has 2 amide bonds. The van der Waals surface area contributed by atoms with E-state index in [1.807, 2.05) is 0 Å². The van der Waals surface area contributed by atoms with Crippen molar-refractivity contribution in [3.8, 4) is 0 Å². The Balaban J connectivity index is 3.48. The van der Waals surface area contributed by atoms with E-state index in [4.69, 9.17) is 0 Å². The van der Waals surface area contributed by atoms with Crippen LogP contribution >= 0.6 is 0 Å². The van der Waals surface area contributed by atoms with Gasteiger partial charge in [0.25, 0.3) is 0 Å². The summed E-state index contributed by atoms with van der Waals surface area (Å²) in [5.74, 6) is -6.64. The average Bonchev–Trinajstić information content (AvgIpc) is 2.79. The smallest absolute Gasteiger partial charge is 0.344 e. The average molecular weight is 301 g/mol. The van der Waals surface area contributed by atoms with E-state index in [0.29, 0.717) is 4.90 Å². The molecule has 1 rings (SSSR count). The number of esters is 3. The van der Waals surface area contributed by atoms with Crippen LogP contribution in [0.5, 0.6) is 0 Å². The SMILES string of the molecule is COC(=O)C1CC(C(=O)OC)(C(=O)OC)N(C(C)=O)C1=O. The molecule has 1 heterocycles. The van der Waals surface area contributed by atoms with Gasteiger partial charge in [-0.3, -0.25) is 19.3 Å². The minimum absolute atomic E-state index is 0.395. The van der Waals surface area contributed by atoms with Gasteiger partial charge in [0.2, 0.25) is 17.4 Å². The molecule has 1 unspecified atom stereocenters. The molecule has 1 fully saturated rings. The van der Waals surface area contributed by atoms with E-state index in [0.717, 1.165) is 28.3 Å². The van der Waals surface area contributed by atoms with Gasteiger partial charge in [0.05, 0.1) is 21.3 Å². The molecule has 0 bridgehead atoms. The van der Waals surface area contributed by atoms with Crippen molar-refractivity contribution in [2.24, 2.45) is 5.92 Å². The first kappa shape index (κ1) is 16.6. The third-order valence-electron chi connectivity index (χ3n) is 3.25. The molecule has 0 N–H and O–H groups in total. The molecule has 9 heteroatoms. The molecule has 9 nitrogen and oxygen atoms in total. The van der Waals surface area contributed by atoms with Crippen molar-refractivity contribution >= 4 is 29.7 Å². The minimum Gasteiger partial charge on any atom is -0.468 e. The highest BCUT2D eigenvalue weighted by Crippen LogP contribution is 2.37. The fraction of sp³-hybridized carbons (Fsp3) is 0.583. The monoisotopic (exact) mass is 301 g/mol. The summed E-state index contributed by atoms with van der Waals surface area (Å²) < 4.78 is 13.5. The fourth-order valence-corrected chi connectivity index (χ4v) is 2.34. The van der Waals surface area contributed by atoms with Crippen molar-refractivity contribution in [2.75, 3.05) is 21.3 Å². The van der Waals surface area contributed by atoms with Crippen LogP contribution in [0.25, 0.3) is 0 Å². The lowest BCUT2D eigenvalue weighted by atomic mass is 9.92. The van der Waals surface area contributed by atoms with Crippen LogP contribution in [0, 0.1) is 5.92 Å². The van der Waals surface area contributed by atoms with Gasteiger partial charge < -0.3 is 14.2 Å². The van der Waals surface area contributed by atoms with Crippen molar-refractivity contribution in [1.82, 2.24) is 4.90 Å². The summed E-state index contributed by atoms with van der Waals surface area (Å²) in [5.41, 5.74) is -2.31. The van der Waals surface area contributed by atoms with Crippen LogP contribution in [0.2, 0.25) is 0 Å². The Morgan fingerprint density at radius 3 is 1.86 bits per heavy atom. The second kappa shape index (κ2) is 5.90. The van der Waals surface area contributed by atoms with E-state index in [1.165, 1.54) is 0 Å². The first-order chi connectivity index (χ1) is 9.77. The highest BCUT2D eigenvalue weighted by atomic mass is 16.6. The number of imide groups is 1. The number of hydrogen-bond donors (Lipinski definition) is 0. The zero-order chi connectivity index (χ0) is 16.4. The summed E-state index contributed by atoms with van der Waals surface area (Å²) in [4.78, 5) is 60.0. The lowest BCUT2D eigenvalue weighted by Gasteiger charge is -2.30. The Morgan fingerprint density at radius 1 is 1.05 bits per heavy atom. The number of rotatable bonds is 3. The molecule has 0 aromatic heterocycles. The van der Waals surface area contributed by atoms with Crippen molar-refractivity contribution in [2.45, 2.75) is 18.9 Å². The lowest BCUT2D eigenvalue weighted by molar-refractivity contribution is -0.176. The zero-order valence-electron chi connectivity index (χ0n) is 12.0. The maximum absolute atomic E-state index is 12.2.